The van der Waals surface area contributed by atoms with Crippen LogP contribution in [0.4, 0.5) is 4.79 Å². The molecule has 0 bridgehead atoms. The van der Waals surface area contributed by atoms with Gasteiger partial charge in [0.2, 0.25) is 5.91 Å². The monoisotopic (exact) mass is 346 g/mol. The molecule has 5 amide bonds. The van der Waals surface area contributed by atoms with Crippen LogP contribution in [0.1, 0.15) is 10.4 Å². The number of methoxy groups -OCH3 is 1. The Kier molecular flexibility index (Phi) is 4.30. The number of carbonyl (C=O) groups excluding carboxylic acids is 4. The summed E-state index contributed by atoms with van der Waals surface area (Å²) in [6, 6.07) is 5.35. The summed E-state index contributed by atoms with van der Waals surface area (Å²) in [5, 5.41) is 0. The van der Waals surface area contributed by atoms with Gasteiger partial charge in [-0.3, -0.25) is 19.3 Å². The number of primary amides is 1. The summed E-state index contributed by atoms with van der Waals surface area (Å²) < 4.78 is 5.06. The fourth-order valence-electron chi connectivity index (χ4n) is 3.05. The Hall–Kier alpha value is -3.10. The number of fused-ring (bicyclic) bond motifs is 1. The van der Waals surface area contributed by atoms with Crippen LogP contribution in [0.25, 0.3) is 0 Å². The minimum Gasteiger partial charge on any atom is -0.497 e. The summed E-state index contributed by atoms with van der Waals surface area (Å²) in [4.78, 5) is 52.0. The number of imide groups is 1. The summed E-state index contributed by atoms with van der Waals surface area (Å²) in [6.45, 7) is 0.180. The van der Waals surface area contributed by atoms with Crippen LogP contribution in [-0.2, 0) is 9.59 Å². The van der Waals surface area contributed by atoms with Crippen LogP contribution in [0.15, 0.2) is 24.3 Å². The highest BCUT2D eigenvalue weighted by atomic mass is 16.5. The SMILES string of the molecule is COc1ccc(C(=O)N2CCN3C(=O)N(CC(N)=O)C(=O)[C@@H]3C2)cc1. The van der Waals surface area contributed by atoms with Crippen LogP contribution in [-0.4, -0.2) is 77.8 Å². The number of rotatable bonds is 4. The van der Waals surface area contributed by atoms with Gasteiger partial charge in [-0.2, -0.15) is 0 Å². The molecule has 132 valence electrons. The molecule has 0 saturated carbocycles. The van der Waals surface area contributed by atoms with E-state index in [1.165, 1.54) is 16.9 Å². The number of amides is 5. The molecule has 2 heterocycles. The zero-order valence-corrected chi connectivity index (χ0v) is 13.7. The molecule has 1 aromatic rings. The number of nitrogens with two attached hydrogens (primary N) is 1. The first-order valence-corrected chi connectivity index (χ1v) is 7.76. The number of piperazine rings is 1. The molecular formula is C16H18N4O5. The summed E-state index contributed by atoms with van der Waals surface area (Å²) in [7, 11) is 1.54. The van der Waals surface area contributed by atoms with Gasteiger partial charge in [0.25, 0.3) is 11.8 Å². The van der Waals surface area contributed by atoms with Crippen molar-refractivity contribution >= 4 is 23.8 Å². The molecule has 25 heavy (non-hydrogen) atoms. The van der Waals surface area contributed by atoms with Gasteiger partial charge in [0.15, 0.2) is 0 Å². The molecule has 3 rings (SSSR count). The van der Waals surface area contributed by atoms with Crippen LogP contribution < -0.4 is 10.5 Å². The number of hydrogen-bond donors (Lipinski definition) is 1. The summed E-state index contributed by atoms with van der Waals surface area (Å²) >= 11 is 0. The van der Waals surface area contributed by atoms with Gasteiger partial charge >= 0.3 is 6.03 Å². The maximum absolute atomic E-state index is 12.6. The van der Waals surface area contributed by atoms with Crippen molar-refractivity contribution in [3.63, 3.8) is 0 Å². The van der Waals surface area contributed by atoms with Gasteiger partial charge in [-0.05, 0) is 24.3 Å². The molecule has 2 fully saturated rings. The largest absolute Gasteiger partial charge is 0.497 e. The second kappa shape index (κ2) is 6.42. The maximum atomic E-state index is 12.6. The van der Waals surface area contributed by atoms with E-state index in [9.17, 15) is 19.2 Å². The lowest BCUT2D eigenvalue weighted by molar-refractivity contribution is -0.132. The van der Waals surface area contributed by atoms with Gasteiger partial charge in [0, 0.05) is 18.7 Å². The minimum absolute atomic E-state index is 0.0880. The minimum atomic E-state index is -0.775. The number of hydrogen-bond acceptors (Lipinski definition) is 5. The van der Waals surface area contributed by atoms with E-state index in [-0.39, 0.29) is 19.0 Å². The topological polar surface area (TPSA) is 113 Å². The van der Waals surface area contributed by atoms with Crippen molar-refractivity contribution in [3.8, 4) is 5.75 Å². The molecule has 2 saturated heterocycles. The normalized spacial score (nSPS) is 19.9. The highest BCUT2D eigenvalue weighted by Gasteiger charge is 2.48. The highest BCUT2D eigenvalue weighted by molar-refractivity contribution is 6.07. The number of nitrogens with zero attached hydrogens (tertiary/aromatic N) is 3. The van der Waals surface area contributed by atoms with E-state index >= 15 is 0 Å². The lowest BCUT2D eigenvalue weighted by atomic mass is 10.1. The highest BCUT2D eigenvalue weighted by Crippen LogP contribution is 2.23. The van der Waals surface area contributed by atoms with Gasteiger partial charge in [0.05, 0.1) is 13.7 Å². The first-order valence-electron chi connectivity index (χ1n) is 7.76. The molecule has 0 spiro atoms. The maximum Gasteiger partial charge on any atom is 0.328 e. The molecule has 2 N–H and O–H groups in total. The van der Waals surface area contributed by atoms with Crippen LogP contribution >= 0.6 is 0 Å². The number of ether oxygens (including phenoxy) is 1. The van der Waals surface area contributed by atoms with Crippen molar-refractivity contribution < 1.29 is 23.9 Å². The van der Waals surface area contributed by atoms with Crippen molar-refractivity contribution in [1.82, 2.24) is 14.7 Å². The van der Waals surface area contributed by atoms with E-state index in [0.29, 0.717) is 17.9 Å². The number of benzene rings is 1. The van der Waals surface area contributed by atoms with Crippen LogP contribution in [0.2, 0.25) is 0 Å². The van der Waals surface area contributed by atoms with E-state index < -0.39 is 30.4 Å². The molecule has 9 nitrogen and oxygen atoms in total. The first-order chi connectivity index (χ1) is 11.9. The van der Waals surface area contributed by atoms with Crippen molar-refractivity contribution in [3.05, 3.63) is 29.8 Å². The van der Waals surface area contributed by atoms with Crippen molar-refractivity contribution in [1.29, 1.82) is 0 Å². The van der Waals surface area contributed by atoms with Crippen molar-refractivity contribution in [2.24, 2.45) is 5.73 Å². The van der Waals surface area contributed by atoms with Crippen molar-refractivity contribution in [2.75, 3.05) is 33.3 Å². The summed E-state index contributed by atoms with van der Waals surface area (Å²) in [6.07, 6.45) is 0. The molecule has 1 atom stereocenters. The van der Waals surface area contributed by atoms with Crippen LogP contribution in [0.5, 0.6) is 5.75 Å². The third kappa shape index (κ3) is 3.00. The number of urea groups is 1. The third-order valence-corrected chi connectivity index (χ3v) is 4.35. The molecule has 1 aromatic carbocycles. The van der Waals surface area contributed by atoms with Gasteiger partial charge in [-0.1, -0.05) is 0 Å². The predicted molar refractivity (Wildman–Crippen MR) is 85.7 cm³/mol. The fourth-order valence-corrected chi connectivity index (χ4v) is 3.05. The Morgan fingerprint density at radius 1 is 1.20 bits per heavy atom. The Morgan fingerprint density at radius 3 is 2.48 bits per heavy atom. The van der Waals surface area contributed by atoms with Gasteiger partial charge in [-0.25, -0.2) is 4.79 Å². The molecule has 9 heteroatoms. The van der Waals surface area contributed by atoms with Gasteiger partial charge in [-0.15, -0.1) is 0 Å². The second-order valence-electron chi connectivity index (χ2n) is 5.86. The van der Waals surface area contributed by atoms with Crippen LogP contribution in [0, 0.1) is 0 Å². The Morgan fingerprint density at radius 2 is 1.88 bits per heavy atom. The molecule has 0 unspecified atom stereocenters. The van der Waals surface area contributed by atoms with E-state index in [0.717, 1.165) is 4.90 Å². The third-order valence-electron chi connectivity index (χ3n) is 4.35. The zero-order chi connectivity index (χ0) is 18.1. The van der Waals surface area contributed by atoms with Crippen LogP contribution in [0.3, 0.4) is 0 Å². The average Bonchev–Trinajstić information content (AvgIpc) is 2.85. The molecule has 0 aliphatic carbocycles. The molecular weight excluding hydrogens is 328 g/mol. The Labute approximate surface area is 143 Å². The lowest BCUT2D eigenvalue weighted by Crippen LogP contribution is -2.54. The van der Waals surface area contributed by atoms with Gasteiger partial charge < -0.3 is 20.3 Å². The number of carbonyl (C=O) groups is 4. The van der Waals surface area contributed by atoms with E-state index in [4.69, 9.17) is 10.5 Å². The van der Waals surface area contributed by atoms with E-state index in [1.807, 2.05) is 0 Å². The summed E-state index contributed by atoms with van der Waals surface area (Å²) in [5.41, 5.74) is 5.56. The molecule has 2 aliphatic heterocycles. The second-order valence-corrected chi connectivity index (χ2v) is 5.86. The summed E-state index contributed by atoms with van der Waals surface area (Å²) in [5.74, 6) is -0.848. The van der Waals surface area contributed by atoms with Gasteiger partial charge in [0.1, 0.15) is 18.3 Å². The standard InChI is InChI=1S/C16H18N4O5/c1-25-11-4-2-10(3-5-11)14(22)18-6-7-19-12(8-18)15(23)20(16(19)24)9-13(17)21/h2-5,12H,6-9H2,1H3,(H2,17,21)/t12-/m0/s1. The molecule has 0 aromatic heterocycles. The zero-order valence-electron chi connectivity index (χ0n) is 13.7. The van der Waals surface area contributed by atoms with Crippen molar-refractivity contribution in [2.45, 2.75) is 6.04 Å². The van der Waals surface area contributed by atoms with E-state index in [1.54, 1.807) is 24.3 Å². The molecule has 0 radical (unpaired) electrons. The Bertz CT molecular complexity index is 733. The first kappa shape index (κ1) is 16.7. The Balaban J connectivity index is 1.73. The molecule has 2 aliphatic rings. The smallest absolute Gasteiger partial charge is 0.328 e. The fraction of sp³-hybridized carbons (Fsp3) is 0.375. The predicted octanol–water partition coefficient (Wildman–Crippen LogP) is -0.731. The lowest BCUT2D eigenvalue weighted by Gasteiger charge is -2.35. The average molecular weight is 346 g/mol. The van der Waals surface area contributed by atoms with E-state index in [2.05, 4.69) is 0 Å². The quantitative estimate of drug-likeness (QED) is 0.722.